The highest BCUT2D eigenvalue weighted by atomic mass is 32.2. The van der Waals surface area contributed by atoms with Crippen LogP contribution < -0.4 is 11.1 Å². The van der Waals surface area contributed by atoms with Gasteiger partial charge in [0.2, 0.25) is 0 Å². The van der Waals surface area contributed by atoms with Crippen molar-refractivity contribution in [3.63, 3.8) is 0 Å². The first-order valence-corrected chi connectivity index (χ1v) is 7.71. The Labute approximate surface area is 126 Å². The largest absolute Gasteiger partial charge is 0.378 e. The van der Waals surface area contributed by atoms with Crippen LogP contribution in [0.2, 0.25) is 0 Å². The molecule has 1 amide bonds. The van der Waals surface area contributed by atoms with Crippen LogP contribution in [0.4, 0.5) is 10.1 Å². The molecule has 0 fully saturated rings. The lowest BCUT2D eigenvalue weighted by Crippen LogP contribution is -2.17. The summed E-state index contributed by atoms with van der Waals surface area (Å²) in [4.78, 5) is 12.5. The van der Waals surface area contributed by atoms with Crippen molar-refractivity contribution in [1.82, 2.24) is 0 Å². The zero-order valence-corrected chi connectivity index (χ0v) is 12.1. The van der Waals surface area contributed by atoms with Crippen molar-refractivity contribution in [2.45, 2.75) is 17.4 Å². The van der Waals surface area contributed by atoms with Gasteiger partial charge < -0.3 is 11.1 Å². The highest BCUT2D eigenvalue weighted by Gasteiger charge is 2.20. The highest BCUT2D eigenvalue weighted by Crippen LogP contribution is 2.37. The molecule has 0 aliphatic carbocycles. The number of amides is 1. The summed E-state index contributed by atoms with van der Waals surface area (Å²) in [5.41, 5.74) is 7.04. The van der Waals surface area contributed by atoms with Gasteiger partial charge in [0, 0.05) is 16.3 Å². The van der Waals surface area contributed by atoms with Gasteiger partial charge in [-0.2, -0.15) is 0 Å². The third-order valence-electron chi connectivity index (χ3n) is 3.53. The summed E-state index contributed by atoms with van der Waals surface area (Å²) in [6, 6.07) is 12.8. The molecular weight excluding hydrogens is 287 g/mol. The zero-order valence-electron chi connectivity index (χ0n) is 11.3. The number of anilines is 1. The van der Waals surface area contributed by atoms with Gasteiger partial charge in [0.25, 0.3) is 5.91 Å². The fourth-order valence-electron chi connectivity index (χ4n) is 2.50. The van der Waals surface area contributed by atoms with Gasteiger partial charge in [0.1, 0.15) is 5.82 Å². The topological polar surface area (TPSA) is 55.1 Å². The molecule has 2 aromatic carbocycles. The van der Waals surface area contributed by atoms with Gasteiger partial charge in [-0.25, -0.2) is 4.39 Å². The quantitative estimate of drug-likeness (QED) is 0.911. The Balaban J connectivity index is 1.88. The highest BCUT2D eigenvalue weighted by molar-refractivity contribution is 7.99. The Morgan fingerprint density at radius 2 is 2.10 bits per heavy atom. The molecule has 108 valence electrons. The first kappa shape index (κ1) is 13.9. The van der Waals surface area contributed by atoms with Gasteiger partial charge in [0.05, 0.1) is 11.6 Å². The van der Waals surface area contributed by atoms with E-state index in [9.17, 15) is 9.18 Å². The number of nitrogens with two attached hydrogens (primary N) is 1. The number of hydrogen-bond acceptors (Lipinski definition) is 3. The van der Waals surface area contributed by atoms with Crippen LogP contribution in [0.5, 0.6) is 0 Å². The van der Waals surface area contributed by atoms with E-state index in [-0.39, 0.29) is 11.6 Å². The molecule has 1 heterocycles. The second-order valence-corrected chi connectivity index (χ2v) is 6.07. The number of carbonyl (C=O) groups is 1. The minimum Gasteiger partial charge on any atom is -0.378 e. The van der Waals surface area contributed by atoms with Crippen molar-refractivity contribution in [2.24, 2.45) is 5.73 Å². The number of hydrogen-bond donors (Lipinski definition) is 2. The average molecular weight is 302 g/mol. The SMILES string of the molecule is NC(=O)c1cc(NC2CCSc3ccccc32)ccc1F. The Kier molecular flexibility index (Phi) is 3.84. The predicted octanol–water partition coefficient (Wildman–Crippen LogP) is 3.57. The number of carbonyl (C=O) groups excluding carboxylic acids is 1. The lowest BCUT2D eigenvalue weighted by atomic mass is 10.0. The summed E-state index contributed by atoms with van der Waals surface area (Å²) in [6.45, 7) is 0. The maximum Gasteiger partial charge on any atom is 0.251 e. The van der Waals surface area contributed by atoms with Crippen LogP contribution in [0.1, 0.15) is 28.4 Å². The van der Waals surface area contributed by atoms with E-state index in [2.05, 4.69) is 17.4 Å². The molecule has 3 N–H and O–H groups in total. The second-order valence-electron chi connectivity index (χ2n) is 4.93. The van der Waals surface area contributed by atoms with Crippen molar-refractivity contribution < 1.29 is 9.18 Å². The van der Waals surface area contributed by atoms with E-state index in [1.165, 1.54) is 22.6 Å². The van der Waals surface area contributed by atoms with E-state index in [0.29, 0.717) is 5.69 Å². The molecule has 0 spiro atoms. The van der Waals surface area contributed by atoms with Gasteiger partial charge in [-0.15, -0.1) is 11.8 Å². The van der Waals surface area contributed by atoms with Gasteiger partial charge in [-0.05, 0) is 36.2 Å². The number of fused-ring (bicyclic) bond motifs is 1. The molecule has 0 saturated carbocycles. The van der Waals surface area contributed by atoms with Gasteiger partial charge in [-0.3, -0.25) is 4.79 Å². The van der Waals surface area contributed by atoms with Crippen LogP contribution in [-0.2, 0) is 0 Å². The number of rotatable bonds is 3. The van der Waals surface area contributed by atoms with E-state index in [4.69, 9.17) is 5.73 Å². The van der Waals surface area contributed by atoms with Crippen molar-refractivity contribution in [3.8, 4) is 0 Å². The predicted molar refractivity (Wildman–Crippen MR) is 83.1 cm³/mol. The van der Waals surface area contributed by atoms with Crippen molar-refractivity contribution in [1.29, 1.82) is 0 Å². The van der Waals surface area contributed by atoms with E-state index < -0.39 is 11.7 Å². The summed E-state index contributed by atoms with van der Waals surface area (Å²) in [5, 5.41) is 3.37. The molecule has 3 rings (SSSR count). The van der Waals surface area contributed by atoms with E-state index in [1.807, 2.05) is 23.9 Å². The van der Waals surface area contributed by atoms with Crippen molar-refractivity contribution >= 4 is 23.4 Å². The molecule has 0 saturated heterocycles. The van der Waals surface area contributed by atoms with Crippen LogP contribution >= 0.6 is 11.8 Å². The molecule has 1 aliphatic rings. The first-order valence-electron chi connectivity index (χ1n) is 6.73. The Bertz CT molecular complexity index is 690. The third kappa shape index (κ3) is 2.88. The maximum absolute atomic E-state index is 13.5. The fourth-order valence-corrected chi connectivity index (χ4v) is 3.62. The zero-order chi connectivity index (χ0) is 14.8. The fraction of sp³-hybridized carbons (Fsp3) is 0.188. The van der Waals surface area contributed by atoms with Crippen LogP contribution in [0.15, 0.2) is 47.4 Å². The molecule has 2 aromatic rings. The number of primary amides is 1. The Morgan fingerprint density at radius 1 is 1.29 bits per heavy atom. The van der Waals surface area contributed by atoms with Gasteiger partial charge in [0.15, 0.2) is 0 Å². The van der Waals surface area contributed by atoms with Crippen LogP contribution in [0, 0.1) is 5.82 Å². The number of nitrogens with one attached hydrogen (secondary N) is 1. The van der Waals surface area contributed by atoms with E-state index in [0.717, 1.165) is 12.2 Å². The minimum atomic E-state index is -0.754. The molecule has 3 nitrogen and oxygen atoms in total. The maximum atomic E-state index is 13.5. The molecule has 0 aromatic heterocycles. The van der Waals surface area contributed by atoms with Crippen LogP contribution in [-0.4, -0.2) is 11.7 Å². The molecule has 0 radical (unpaired) electrons. The summed E-state index contributed by atoms with van der Waals surface area (Å²) < 4.78 is 13.5. The molecule has 1 atom stereocenters. The van der Waals surface area contributed by atoms with E-state index in [1.54, 1.807) is 6.07 Å². The first-order chi connectivity index (χ1) is 10.1. The molecular formula is C16H15FN2OS. The Hall–Kier alpha value is -2.01. The molecule has 5 heteroatoms. The number of thioether (sulfide) groups is 1. The lowest BCUT2D eigenvalue weighted by Gasteiger charge is -2.27. The standard InChI is InChI=1S/C16H15FN2OS/c17-13-6-5-10(9-12(13)16(18)20)19-14-7-8-21-15-4-2-1-3-11(14)15/h1-6,9,14,19H,7-8H2,(H2,18,20). The number of halogens is 1. The summed E-state index contributed by atoms with van der Waals surface area (Å²) in [6.07, 6.45) is 0.977. The smallest absolute Gasteiger partial charge is 0.251 e. The third-order valence-corrected chi connectivity index (χ3v) is 4.65. The second kappa shape index (κ2) is 5.77. The van der Waals surface area contributed by atoms with Crippen LogP contribution in [0.25, 0.3) is 0 Å². The van der Waals surface area contributed by atoms with Crippen molar-refractivity contribution in [2.75, 3.05) is 11.1 Å². The summed E-state index contributed by atoms with van der Waals surface area (Å²) >= 11 is 1.84. The van der Waals surface area contributed by atoms with E-state index >= 15 is 0 Å². The average Bonchev–Trinajstić information content (AvgIpc) is 2.49. The van der Waals surface area contributed by atoms with Crippen molar-refractivity contribution in [3.05, 3.63) is 59.4 Å². The molecule has 21 heavy (non-hydrogen) atoms. The molecule has 1 aliphatic heterocycles. The van der Waals surface area contributed by atoms with Gasteiger partial charge >= 0.3 is 0 Å². The van der Waals surface area contributed by atoms with Gasteiger partial charge in [-0.1, -0.05) is 18.2 Å². The number of benzene rings is 2. The summed E-state index contributed by atoms with van der Waals surface area (Å²) in [7, 11) is 0. The minimum absolute atomic E-state index is 0.0848. The Morgan fingerprint density at radius 3 is 2.90 bits per heavy atom. The molecule has 1 unspecified atom stereocenters. The lowest BCUT2D eigenvalue weighted by molar-refractivity contribution is 0.0996. The molecule has 0 bridgehead atoms. The summed E-state index contributed by atoms with van der Waals surface area (Å²) in [5.74, 6) is -0.318. The van der Waals surface area contributed by atoms with Crippen LogP contribution in [0.3, 0.4) is 0 Å². The normalized spacial score (nSPS) is 17.1. The monoisotopic (exact) mass is 302 g/mol.